The van der Waals surface area contributed by atoms with Crippen molar-refractivity contribution >= 4 is 0 Å². The van der Waals surface area contributed by atoms with E-state index < -0.39 is 23.6 Å². The summed E-state index contributed by atoms with van der Waals surface area (Å²) in [6.07, 6.45) is -12.2. The normalized spacial score (nSPS) is 13.6. The number of methoxy groups -OCH3 is 1. The van der Waals surface area contributed by atoms with Gasteiger partial charge in [-0.25, -0.2) is 4.39 Å². The Balaban J connectivity index is 3.36. The molecule has 0 heterocycles. The molecule has 0 amide bonds. The van der Waals surface area contributed by atoms with Gasteiger partial charge >= 0.3 is 18.0 Å². The third-order valence-electron chi connectivity index (χ3n) is 2.27. The average Bonchev–Trinajstić information content (AvgIpc) is 2.25. The summed E-state index contributed by atoms with van der Waals surface area (Å²) in [5.41, 5.74) is -6.94. The quantitative estimate of drug-likeness (QED) is 0.742. The number of hydrogen-bond donors (Lipinski definition) is 0. The zero-order valence-corrected chi connectivity index (χ0v) is 8.86. The number of rotatable bonds is 2. The Labute approximate surface area is 97.2 Å². The third kappa shape index (κ3) is 2.23. The van der Waals surface area contributed by atoms with Crippen LogP contribution in [0.5, 0.6) is 5.75 Å². The van der Waals surface area contributed by atoms with Crippen molar-refractivity contribution in [2.45, 2.75) is 18.0 Å². The van der Waals surface area contributed by atoms with Gasteiger partial charge in [-0.05, 0) is 12.1 Å². The second kappa shape index (κ2) is 4.33. The first-order chi connectivity index (χ1) is 8.04. The van der Waals surface area contributed by atoms with E-state index in [1.165, 1.54) is 7.11 Å². The van der Waals surface area contributed by atoms with Crippen molar-refractivity contribution in [3.8, 4) is 5.75 Å². The highest BCUT2D eigenvalue weighted by Crippen LogP contribution is 2.53. The minimum Gasteiger partial charge on any atom is -0.497 e. The van der Waals surface area contributed by atoms with Crippen LogP contribution < -0.4 is 4.74 Å². The summed E-state index contributed by atoms with van der Waals surface area (Å²) in [5.74, 6) is 0.0189. The molecule has 102 valence electrons. The zero-order chi connectivity index (χ0) is 14.2. The van der Waals surface area contributed by atoms with Gasteiger partial charge in [0.1, 0.15) is 5.75 Å². The van der Waals surface area contributed by atoms with Gasteiger partial charge in [-0.2, -0.15) is 26.3 Å². The smallest absolute Gasteiger partial charge is 0.435 e. The fraction of sp³-hybridized carbons (Fsp3) is 0.400. The highest BCUT2D eigenvalue weighted by Gasteiger charge is 2.73. The largest absolute Gasteiger partial charge is 0.497 e. The van der Waals surface area contributed by atoms with Gasteiger partial charge in [-0.15, -0.1) is 0 Å². The highest BCUT2D eigenvalue weighted by molar-refractivity contribution is 5.33. The molecule has 0 radical (unpaired) electrons. The molecule has 0 aliphatic carbocycles. The topological polar surface area (TPSA) is 9.23 Å². The van der Waals surface area contributed by atoms with Crippen LogP contribution >= 0.6 is 0 Å². The summed E-state index contributed by atoms with van der Waals surface area (Å²) < 4.78 is 92.1. The number of alkyl halides is 7. The van der Waals surface area contributed by atoms with Gasteiger partial charge in [0.2, 0.25) is 0 Å². The van der Waals surface area contributed by atoms with Crippen LogP contribution in [0.2, 0.25) is 0 Å². The molecular weight excluding hydrogens is 269 g/mol. The predicted molar refractivity (Wildman–Crippen MR) is 47.9 cm³/mol. The van der Waals surface area contributed by atoms with Crippen LogP contribution in [0.1, 0.15) is 5.56 Å². The van der Waals surface area contributed by atoms with Crippen LogP contribution in [0, 0.1) is 0 Å². The van der Waals surface area contributed by atoms with Crippen molar-refractivity contribution in [3.63, 3.8) is 0 Å². The second-order valence-corrected chi connectivity index (χ2v) is 3.38. The van der Waals surface area contributed by atoms with Crippen molar-refractivity contribution in [2.24, 2.45) is 0 Å². The SMILES string of the molecule is COc1ccc(C(F)(C(F)(F)F)C(F)(F)F)cc1. The van der Waals surface area contributed by atoms with E-state index in [2.05, 4.69) is 4.74 Å². The van der Waals surface area contributed by atoms with E-state index in [9.17, 15) is 30.7 Å². The predicted octanol–water partition coefficient (Wildman–Crippen LogP) is 3.98. The molecule has 1 aromatic rings. The Morgan fingerprint density at radius 2 is 1.17 bits per heavy atom. The standard InChI is InChI=1S/C10H7F7O/c1-18-7-4-2-6(3-5-7)8(11,9(12,13)14)10(15,16)17/h2-5H,1H3. The molecular formula is C10H7F7O. The fourth-order valence-electron chi connectivity index (χ4n) is 1.31. The summed E-state index contributed by atoms with van der Waals surface area (Å²) in [4.78, 5) is 0. The molecule has 1 nitrogen and oxygen atoms in total. The summed E-state index contributed by atoms with van der Waals surface area (Å²) >= 11 is 0. The lowest BCUT2D eigenvalue weighted by molar-refractivity contribution is -0.348. The van der Waals surface area contributed by atoms with Gasteiger partial charge < -0.3 is 4.74 Å². The van der Waals surface area contributed by atoms with E-state index in [1.54, 1.807) is 0 Å². The van der Waals surface area contributed by atoms with Gasteiger partial charge in [0, 0.05) is 5.56 Å². The van der Waals surface area contributed by atoms with Crippen molar-refractivity contribution in [1.29, 1.82) is 0 Å². The van der Waals surface area contributed by atoms with Crippen LogP contribution in [-0.4, -0.2) is 19.5 Å². The van der Waals surface area contributed by atoms with Crippen molar-refractivity contribution in [2.75, 3.05) is 7.11 Å². The maximum Gasteiger partial charge on any atom is 0.435 e. The van der Waals surface area contributed by atoms with Crippen molar-refractivity contribution < 1.29 is 35.5 Å². The Bertz CT molecular complexity index is 390. The molecule has 0 saturated carbocycles. The lowest BCUT2D eigenvalue weighted by Crippen LogP contribution is -2.50. The number of ether oxygens (including phenoxy) is 1. The summed E-state index contributed by atoms with van der Waals surface area (Å²) in [5, 5.41) is 0. The van der Waals surface area contributed by atoms with Crippen LogP contribution in [-0.2, 0) is 5.67 Å². The molecule has 0 aliphatic heterocycles. The summed E-state index contributed by atoms with van der Waals surface area (Å²) in [7, 11) is 1.17. The monoisotopic (exact) mass is 276 g/mol. The Morgan fingerprint density at radius 3 is 1.44 bits per heavy atom. The molecule has 0 aromatic heterocycles. The van der Waals surface area contributed by atoms with Gasteiger partial charge in [0.15, 0.2) is 0 Å². The Hall–Kier alpha value is -1.47. The molecule has 8 heteroatoms. The molecule has 0 fully saturated rings. The van der Waals surface area contributed by atoms with Crippen LogP contribution in [0.4, 0.5) is 30.7 Å². The molecule has 0 bridgehead atoms. The van der Waals surface area contributed by atoms with Crippen LogP contribution in [0.3, 0.4) is 0 Å². The van der Waals surface area contributed by atoms with E-state index >= 15 is 0 Å². The van der Waals surface area contributed by atoms with E-state index in [0.29, 0.717) is 12.1 Å². The van der Waals surface area contributed by atoms with E-state index in [-0.39, 0.29) is 5.75 Å². The highest BCUT2D eigenvalue weighted by atomic mass is 19.4. The van der Waals surface area contributed by atoms with Gasteiger partial charge in [-0.1, -0.05) is 12.1 Å². The number of hydrogen-bond acceptors (Lipinski definition) is 1. The first kappa shape index (κ1) is 14.6. The lowest BCUT2D eigenvalue weighted by atomic mass is 9.94. The molecule has 18 heavy (non-hydrogen) atoms. The molecule has 0 aliphatic rings. The molecule has 1 rings (SSSR count). The number of halogens is 7. The van der Waals surface area contributed by atoms with Crippen molar-refractivity contribution in [1.82, 2.24) is 0 Å². The van der Waals surface area contributed by atoms with Crippen LogP contribution in [0.15, 0.2) is 24.3 Å². The first-order valence-electron chi connectivity index (χ1n) is 4.51. The second-order valence-electron chi connectivity index (χ2n) is 3.38. The summed E-state index contributed by atoms with van der Waals surface area (Å²) in [6.45, 7) is 0. The lowest BCUT2D eigenvalue weighted by Gasteiger charge is -2.30. The molecule has 0 spiro atoms. The van der Waals surface area contributed by atoms with E-state index in [1.807, 2.05) is 0 Å². The third-order valence-corrected chi connectivity index (χ3v) is 2.27. The molecule has 0 saturated heterocycles. The number of benzene rings is 1. The maximum absolute atomic E-state index is 13.5. The van der Waals surface area contributed by atoms with Crippen molar-refractivity contribution in [3.05, 3.63) is 29.8 Å². The van der Waals surface area contributed by atoms with Crippen LogP contribution in [0.25, 0.3) is 0 Å². The molecule has 0 atom stereocenters. The fourth-order valence-corrected chi connectivity index (χ4v) is 1.31. The molecule has 0 N–H and O–H groups in total. The van der Waals surface area contributed by atoms with E-state index in [4.69, 9.17) is 0 Å². The minimum atomic E-state index is -6.10. The Morgan fingerprint density at radius 1 is 0.778 bits per heavy atom. The minimum absolute atomic E-state index is 0.0189. The van der Waals surface area contributed by atoms with Gasteiger partial charge in [0.05, 0.1) is 7.11 Å². The molecule has 1 aromatic carbocycles. The zero-order valence-electron chi connectivity index (χ0n) is 8.86. The van der Waals surface area contributed by atoms with E-state index in [0.717, 1.165) is 12.1 Å². The summed E-state index contributed by atoms with van der Waals surface area (Å²) in [6, 6.07) is 2.42. The first-order valence-corrected chi connectivity index (χ1v) is 4.51. The van der Waals surface area contributed by atoms with Gasteiger partial charge in [-0.3, -0.25) is 0 Å². The molecule has 0 unspecified atom stereocenters. The maximum atomic E-state index is 13.5. The average molecular weight is 276 g/mol. The Kier molecular flexibility index (Phi) is 3.51. The van der Waals surface area contributed by atoms with Gasteiger partial charge in [0.25, 0.3) is 0 Å².